The molecule has 1 aliphatic rings. The standard InChI is InChI=1S/C23H19F6NO3S/c24-22(25,26)32-18-8-4-16(5-9-18)20(2-1-3-21(31)30-12-14-34-15-13-30)17-6-10-19(11-7-17)33-23(27,28)29/h1-11H,12-15H2/b3-1+. The van der Waals surface area contributed by atoms with Gasteiger partial charge in [-0.1, -0.05) is 36.4 Å². The molecule has 2 aromatic carbocycles. The Balaban J connectivity index is 1.87. The molecule has 1 fully saturated rings. The summed E-state index contributed by atoms with van der Waals surface area (Å²) in [6.07, 6.45) is -5.25. The lowest BCUT2D eigenvalue weighted by Gasteiger charge is -2.24. The number of nitrogens with zero attached hydrogens (tertiary/aromatic N) is 1. The number of carbonyl (C=O) groups excluding carboxylic acids is 1. The summed E-state index contributed by atoms with van der Waals surface area (Å²) in [5, 5.41) is 0. The van der Waals surface area contributed by atoms with Gasteiger partial charge in [0.05, 0.1) is 0 Å². The first-order chi connectivity index (χ1) is 16.0. The summed E-state index contributed by atoms with van der Waals surface area (Å²) in [5.41, 5.74) is 1.39. The van der Waals surface area contributed by atoms with E-state index in [1.165, 1.54) is 36.4 Å². The number of thioether (sulfide) groups is 1. The van der Waals surface area contributed by atoms with Crippen molar-refractivity contribution in [1.29, 1.82) is 0 Å². The molecule has 11 heteroatoms. The maximum Gasteiger partial charge on any atom is 0.573 e. The van der Waals surface area contributed by atoms with E-state index in [2.05, 4.69) is 9.47 Å². The Morgan fingerprint density at radius 3 is 1.65 bits per heavy atom. The highest BCUT2D eigenvalue weighted by Gasteiger charge is 2.31. The molecule has 1 aliphatic heterocycles. The van der Waals surface area contributed by atoms with Gasteiger partial charge in [0.15, 0.2) is 0 Å². The van der Waals surface area contributed by atoms with E-state index in [1.807, 2.05) is 0 Å². The second-order valence-electron chi connectivity index (χ2n) is 7.02. The van der Waals surface area contributed by atoms with Gasteiger partial charge in [0, 0.05) is 30.7 Å². The molecule has 34 heavy (non-hydrogen) atoms. The summed E-state index contributed by atoms with van der Waals surface area (Å²) in [4.78, 5) is 14.1. The van der Waals surface area contributed by atoms with Crippen molar-refractivity contribution in [2.24, 2.45) is 0 Å². The Hall–Kier alpha value is -3.08. The Kier molecular flexibility index (Phi) is 8.19. The molecule has 0 N–H and O–H groups in total. The highest BCUT2D eigenvalue weighted by molar-refractivity contribution is 7.99. The third-order valence-corrected chi connectivity index (χ3v) is 5.56. The number of halogens is 6. The number of allylic oxidation sites excluding steroid dienone is 2. The largest absolute Gasteiger partial charge is 0.573 e. The normalized spacial score (nSPS) is 14.7. The van der Waals surface area contributed by atoms with Crippen molar-refractivity contribution < 1.29 is 40.6 Å². The molecule has 0 bridgehead atoms. The fourth-order valence-electron chi connectivity index (χ4n) is 3.15. The van der Waals surface area contributed by atoms with Crippen LogP contribution >= 0.6 is 11.8 Å². The number of hydrogen-bond donors (Lipinski definition) is 0. The van der Waals surface area contributed by atoms with Crippen LogP contribution in [-0.4, -0.2) is 48.1 Å². The molecule has 0 saturated carbocycles. The molecule has 182 valence electrons. The van der Waals surface area contributed by atoms with Gasteiger partial charge in [-0.05, 0) is 41.0 Å². The molecule has 1 amide bonds. The number of rotatable bonds is 6. The Morgan fingerprint density at radius 1 is 0.794 bits per heavy atom. The van der Waals surface area contributed by atoms with E-state index >= 15 is 0 Å². The predicted octanol–water partition coefficient (Wildman–Crippen LogP) is 6.05. The van der Waals surface area contributed by atoms with Crippen LogP contribution in [-0.2, 0) is 4.79 Å². The van der Waals surface area contributed by atoms with E-state index in [0.29, 0.717) is 29.8 Å². The molecule has 1 saturated heterocycles. The van der Waals surface area contributed by atoms with E-state index in [9.17, 15) is 31.1 Å². The van der Waals surface area contributed by atoms with Crippen LogP contribution in [0.5, 0.6) is 11.5 Å². The minimum Gasteiger partial charge on any atom is -0.406 e. The van der Waals surface area contributed by atoms with Crippen LogP contribution in [0.15, 0.2) is 66.8 Å². The van der Waals surface area contributed by atoms with Gasteiger partial charge in [-0.3, -0.25) is 4.79 Å². The van der Waals surface area contributed by atoms with Gasteiger partial charge in [0.25, 0.3) is 0 Å². The number of benzene rings is 2. The van der Waals surface area contributed by atoms with Gasteiger partial charge in [-0.2, -0.15) is 11.8 Å². The minimum atomic E-state index is -4.84. The monoisotopic (exact) mass is 503 g/mol. The van der Waals surface area contributed by atoms with Crippen molar-refractivity contribution in [3.8, 4) is 11.5 Å². The van der Waals surface area contributed by atoms with Crippen molar-refractivity contribution in [2.75, 3.05) is 24.6 Å². The molecule has 0 radical (unpaired) electrons. The molecule has 0 spiro atoms. The summed E-state index contributed by atoms with van der Waals surface area (Å²) in [7, 11) is 0. The van der Waals surface area contributed by atoms with Crippen LogP contribution in [0.4, 0.5) is 26.3 Å². The van der Waals surface area contributed by atoms with Crippen molar-refractivity contribution in [3.05, 3.63) is 77.9 Å². The number of hydrogen-bond acceptors (Lipinski definition) is 4. The number of carbonyl (C=O) groups is 1. The highest BCUT2D eigenvalue weighted by Crippen LogP contribution is 2.30. The molecular weight excluding hydrogens is 484 g/mol. The van der Waals surface area contributed by atoms with Gasteiger partial charge < -0.3 is 14.4 Å². The minimum absolute atomic E-state index is 0.182. The molecule has 0 aromatic heterocycles. The zero-order valence-corrected chi connectivity index (χ0v) is 18.3. The Bertz CT molecular complexity index is 963. The lowest BCUT2D eigenvalue weighted by Crippen LogP contribution is -2.36. The third-order valence-electron chi connectivity index (χ3n) is 4.62. The van der Waals surface area contributed by atoms with Crippen molar-refractivity contribution in [1.82, 2.24) is 4.90 Å². The van der Waals surface area contributed by atoms with E-state index < -0.39 is 24.2 Å². The molecule has 2 aromatic rings. The highest BCUT2D eigenvalue weighted by atomic mass is 32.2. The van der Waals surface area contributed by atoms with Gasteiger partial charge >= 0.3 is 12.7 Å². The number of alkyl halides is 6. The fourth-order valence-corrected chi connectivity index (χ4v) is 4.05. The predicted molar refractivity (Wildman–Crippen MR) is 116 cm³/mol. The van der Waals surface area contributed by atoms with E-state index in [1.54, 1.807) is 22.7 Å². The first kappa shape index (κ1) is 25.5. The summed E-state index contributed by atoms with van der Waals surface area (Å²) in [6, 6.07) is 10.0. The molecule has 0 atom stereocenters. The summed E-state index contributed by atoms with van der Waals surface area (Å²) in [6.45, 7) is 1.26. The molecule has 3 rings (SSSR count). The zero-order valence-electron chi connectivity index (χ0n) is 17.5. The maximum absolute atomic E-state index is 12.4. The topological polar surface area (TPSA) is 38.8 Å². The molecule has 4 nitrogen and oxygen atoms in total. The van der Waals surface area contributed by atoms with Crippen LogP contribution in [0.3, 0.4) is 0 Å². The quantitative estimate of drug-likeness (QED) is 0.274. The lowest BCUT2D eigenvalue weighted by atomic mass is 9.97. The average molecular weight is 503 g/mol. The van der Waals surface area contributed by atoms with E-state index in [-0.39, 0.29) is 5.91 Å². The van der Waals surface area contributed by atoms with Crippen molar-refractivity contribution in [3.63, 3.8) is 0 Å². The first-order valence-corrected chi connectivity index (χ1v) is 11.1. The second-order valence-corrected chi connectivity index (χ2v) is 8.25. The van der Waals surface area contributed by atoms with Crippen LogP contribution < -0.4 is 9.47 Å². The van der Waals surface area contributed by atoms with Crippen molar-refractivity contribution in [2.45, 2.75) is 12.7 Å². The molecular formula is C23H19F6NO3S. The van der Waals surface area contributed by atoms with E-state index in [0.717, 1.165) is 35.8 Å². The van der Waals surface area contributed by atoms with Crippen LogP contribution in [0.2, 0.25) is 0 Å². The summed E-state index contributed by atoms with van der Waals surface area (Å²) in [5.74, 6) is 0.675. The van der Waals surface area contributed by atoms with Crippen molar-refractivity contribution >= 4 is 23.2 Å². The molecule has 0 aliphatic carbocycles. The summed E-state index contributed by atoms with van der Waals surface area (Å²) >= 11 is 1.76. The maximum atomic E-state index is 12.4. The fraction of sp³-hybridized carbons (Fsp3) is 0.261. The van der Waals surface area contributed by atoms with Gasteiger partial charge in [-0.15, -0.1) is 26.3 Å². The first-order valence-electron chi connectivity index (χ1n) is 9.97. The third kappa shape index (κ3) is 8.05. The molecule has 1 heterocycles. The van der Waals surface area contributed by atoms with Gasteiger partial charge in [-0.25, -0.2) is 0 Å². The number of amides is 1. The molecule has 0 unspecified atom stereocenters. The Morgan fingerprint density at radius 2 is 1.24 bits per heavy atom. The van der Waals surface area contributed by atoms with Crippen LogP contribution in [0, 0.1) is 0 Å². The van der Waals surface area contributed by atoms with Crippen LogP contribution in [0.1, 0.15) is 11.1 Å². The Labute approximate surface area is 195 Å². The zero-order chi connectivity index (χ0) is 24.8. The smallest absolute Gasteiger partial charge is 0.406 e. The van der Waals surface area contributed by atoms with E-state index in [4.69, 9.17) is 0 Å². The second kappa shape index (κ2) is 10.9. The average Bonchev–Trinajstić information content (AvgIpc) is 2.77. The van der Waals surface area contributed by atoms with Crippen LogP contribution in [0.25, 0.3) is 5.57 Å². The van der Waals surface area contributed by atoms with Gasteiger partial charge in [0.2, 0.25) is 5.91 Å². The lowest BCUT2D eigenvalue weighted by molar-refractivity contribution is -0.275. The number of ether oxygens (including phenoxy) is 2. The summed E-state index contributed by atoms with van der Waals surface area (Å²) < 4.78 is 82.4. The SMILES string of the molecule is O=C(/C=C/C=C(c1ccc(OC(F)(F)F)cc1)c1ccc(OC(F)(F)F)cc1)N1CCSCC1. The van der Waals surface area contributed by atoms with Gasteiger partial charge in [0.1, 0.15) is 11.5 Å².